The molecule has 1 aliphatic rings. The van der Waals surface area contributed by atoms with Gasteiger partial charge in [-0.25, -0.2) is 4.39 Å². The lowest BCUT2D eigenvalue weighted by molar-refractivity contribution is 0.0614. The van der Waals surface area contributed by atoms with Crippen molar-refractivity contribution >= 4 is 17.3 Å². The van der Waals surface area contributed by atoms with E-state index in [2.05, 4.69) is 0 Å². The van der Waals surface area contributed by atoms with Crippen LogP contribution >= 0.6 is 0 Å². The van der Waals surface area contributed by atoms with Gasteiger partial charge >= 0.3 is 0 Å². The molecular weight excluding hydrogens is 341 g/mol. The predicted molar refractivity (Wildman–Crippen MR) is 108 cm³/mol. The maximum atomic E-state index is 13.7. The Hall–Kier alpha value is -2.56. The van der Waals surface area contributed by atoms with E-state index in [0.717, 1.165) is 36.9 Å². The Kier molecular flexibility index (Phi) is 5.99. The predicted octanol–water partition coefficient (Wildman–Crippen LogP) is 4.45. The first-order chi connectivity index (χ1) is 13.0. The second-order valence-electron chi connectivity index (χ2n) is 7.52. The second-order valence-corrected chi connectivity index (χ2v) is 7.52. The molecule has 0 aromatic heterocycles. The van der Waals surface area contributed by atoms with E-state index in [-0.39, 0.29) is 17.8 Å². The van der Waals surface area contributed by atoms with Gasteiger partial charge in [0.1, 0.15) is 5.82 Å². The second kappa shape index (κ2) is 8.42. The summed E-state index contributed by atoms with van der Waals surface area (Å²) in [4.78, 5) is 17.2. The Morgan fingerprint density at radius 1 is 1.11 bits per heavy atom. The van der Waals surface area contributed by atoms with Crippen LogP contribution in [0.2, 0.25) is 0 Å². The van der Waals surface area contributed by atoms with Crippen LogP contribution in [0.1, 0.15) is 48.0 Å². The van der Waals surface area contributed by atoms with E-state index < -0.39 is 0 Å². The molecule has 2 N–H and O–H groups in total. The van der Waals surface area contributed by atoms with Crippen LogP contribution in [0.3, 0.4) is 0 Å². The van der Waals surface area contributed by atoms with Crippen LogP contribution in [0, 0.1) is 5.82 Å². The number of amides is 1. The number of carbonyl (C=O) groups is 1. The molecule has 0 unspecified atom stereocenters. The van der Waals surface area contributed by atoms with E-state index in [0.29, 0.717) is 17.8 Å². The van der Waals surface area contributed by atoms with Crippen molar-refractivity contribution in [3.8, 4) is 0 Å². The standard InChI is InChI=1S/C22H28FN3O/c1-25(2)21-12-11-19(24)14-17(21)15-26(20-9-4-3-5-10-20)22(27)16-7-6-8-18(23)13-16/h6-8,11-14,20H,3-5,9-10,15,24H2,1-2H3. The third-order valence-electron chi connectivity index (χ3n) is 5.27. The normalized spacial score (nSPS) is 14.8. The van der Waals surface area contributed by atoms with Crippen molar-refractivity contribution < 1.29 is 9.18 Å². The van der Waals surface area contributed by atoms with Crippen molar-refractivity contribution in [2.75, 3.05) is 24.7 Å². The minimum atomic E-state index is -0.387. The van der Waals surface area contributed by atoms with E-state index in [1.54, 1.807) is 12.1 Å². The molecule has 2 aromatic carbocycles. The number of hydrogen-bond donors (Lipinski definition) is 1. The van der Waals surface area contributed by atoms with Gasteiger partial charge in [-0.3, -0.25) is 4.79 Å². The van der Waals surface area contributed by atoms with Gasteiger partial charge in [0.2, 0.25) is 0 Å². The summed E-state index contributed by atoms with van der Waals surface area (Å²) in [6.45, 7) is 0.471. The highest BCUT2D eigenvalue weighted by Crippen LogP contribution is 2.29. The number of halogens is 1. The first-order valence-corrected chi connectivity index (χ1v) is 9.58. The van der Waals surface area contributed by atoms with Crippen molar-refractivity contribution in [2.45, 2.75) is 44.7 Å². The number of hydrogen-bond acceptors (Lipinski definition) is 3. The van der Waals surface area contributed by atoms with Crippen LogP contribution in [0.5, 0.6) is 0 Å². The molecule has 2 aromatic rings. The number of nitrogen functional groups attached to an aromatic ring is 1. The number of nitrogens with two attached hydrogens (primary N) is 1. The fourth-order valence-electron chi connectivity index (χ4n) is 3.90. The summed E-state index contributed by atoms with van der Waals surface area (Å²) in [5, 5.41) is 0. The number of benzene rings is 2. The molecule has 1 fully saturated rings. The number of nitrogens with zero attached hydrogens (tertiary/aromatic N) is 2. The fraction of sp³-hybridized carbons (Fsp3) is 0.409. The van der Waals surface area contributed by atoms with Gasteiger partial charge in [0, 0.05) is 43.6 Å². The first-order valence-electron chi connectivity index (χ1n) is 9.58. The lowest BCUT2D eigenvalue weighted by atomic mass is 9.93. The van der Waals surface area contributed by atoms with E-state index in [1.807, 2.05) is 42.1 Å². The highest BCUT2D eigenvalue weighted by Gasteiger charge is 2.27. The minimum absolute atomic E-state index is 0.117. The fourth-order valence-corrected chi connectivity index (χ4v) is 3.90. The van der Waals surface area contributed by atoms with Gasteiger partial charge in [0.15, 0.2) is 0 Å². The SMILES string of the molecule is CN(C)c1ccc(N)cc1CN(C(=O)c1cccc(F)c1)C1CCCCC1. The number of carbonyl (C=O) groups excluding carboxylic acids is 1. The van der Waals surface area contributed by atoms with Crippen molar-refractivity contribution in [3.63, 3.8) is 0 Å². The Labute approximate surface area is 160 Å². The van der Waals surface area contributed by atoms with E-state index in [4.69, 9.17) is 5.73 Å². The van der Waals surface area contributed by atoms with Crippen molar-refractivity contribution in [3.05, 3.63) is 59.4 Å². The topological polar surface area (TPSA) is 49.6 Å². The third kappa shape index (κ3) is 4.59. The molecule has 0 radical (unpaired) electrons. The zero-order valence-corrected chi connectivity index (χ0v) is 16.1. The molecule has 144 valence electrons. The molecule has 4 nitrogen and oxygen atoms in total. The van der Waals surface area contributed by atoms with Gasteiger partial charge in [-0.15, -0.1) is 0 Å². The highest BCUT2D eigenvalue weighted by atomic mass is 19.1. The number of rotatable bonds is 5. The molecule has 0 aliphatic heterocycles. The number of anilines is 2. The van der Waals surface area contributed by atoms with Crippen molar-refractivity contribution in [1.82, 2.24) is 4.90 Å². The summed E-state index contributed by atoms with van der Waals surface area (Å²) < 4.78 is 13.7. The summed E-state index contributed by atoms with van der Waals surface area (Å²) in [5.74, 6) is -0.504. The van der Waals surface area contributed by atoms with Gasteiger partial charge < -0.3 is 15.5 Å². The van der Waals surface area contributed by atoms with Crippen LogP contribution in [-0.4, -0.2) is 30.9 Å². The van der Waals surface area contributed by atoms with Gasteiger partial charge in [-0.1, -0.05) is 25.3 Å². The monoisotopic (exact) mass is 369 g/mol. The van der Waals surface area contributed by atoms with Crippen molar-refractivity contribution in [2.24, 2.45) is 0 Å². The van der Waals surface area contributed by atoms with Crippen LogP contribution in [-0.2, 0) is 6.54 Å². The van der Waals surface area contributed by atoms with Crippen molar-refractivity contribution in [1.29, 1.82) is 0 Å². The summed E-state index contributed by atoms with van der Waals surface area (Å²) >= 11 is 0. The van der Waals surface area contributed by atoms with Gasteiger partial charge in [-0.2, -0.15) is 0 Å². The first kappa shape index (κ1) is 19.2. The van der Waals surface area contributed by atoms with Crippen LogP contribution in [0.25, 0.3) is 0 Å². The van der Waals surface area contributed by atoms with Crippen LogP contribution in [0.15, 0.2) is 42.5 Å². The zero-order chi connectivity index (χ0) is 19.4. The zero-order valence-electron chi connectivity index (χ0n) is 16.1. The highest BCUT2D eigenvalue weighted by molar-refractivity contribution is 5.94. The smallest absolute Gasteiger partial charge is 0.254 e. The van der Waals surface area contributed by atoms with E-state index >= 15 is 0 Å². The summed E-state index contributed by atoms with van der Waals surface area (Å²) in [5.41, 5.74) is 9.14. The molecule has 0 atom stereocenters. The molecule has 27 heavy (non-hydrogen) atoms. The quantitative estimate of drug-likeness (QED) is 0.792. The maximum Gasteiger partial charge on any atom is 0.254 e. The molecule has 1 amide bonds. The van der Waals surface area contributed by atoms with Crippen LogP contribution in [0.4, 0.5) is 15.8 Å². The average Bonchev–Trinajstić information content (AvgIpc) is 2.66. The van der Waals surface area contributed by atoms with E-state index in [9.17, 15) is 9.18 Å². The average molecular weight is 369 g/mol. The van der Waals surface area contributed by atoms with Gasteiger partial charge in [0.25, 0.3) is 5.91 Å². The Bertz CT molecular complexity index is 800. The van der Waals surface area contributed by atoms with Gasteiger partial charge in [0.05, 0.1) is 0 Å². The molecule has 3 rings (SSSR count). The molecular formula is C22H28FN3O. The molecule has 0 saturated heterocycles. The molecule has 0 spiro atoms. The molecule has 1 aliphatic carbocycles. The van der Waals surface area contributed by atoms with Gasteiger partial charge in [-0.05, 0) is 54.8 Å². The molecule has 5 heteroatoms. The van der Waals surface area contributed by atoms with Crippen LogP contribution < -0.4 is 10.6 Å². The Morgan fingerprint density at radius 3 is 2.52 bits per heavy atom. The summed E-state index contributed by atoms with van der Waals surface area (Å²) in [6, 6.07) is 11.9. The lowest BCUT2D eigenvalue weighted by Gasteiger charge is -2.35. The molecule has 0 heterocycles. The maximum absolute atomic E-state index is 13.7. The lowest BCUT2D eigenvalue weighted by Crippen LogP contribution is -2.41. The summed E-state index contributed by atoms with van der Waals surface area (Å²) in [6.07, 6.45) is 5.42. The van der Waals surface area contributed by atoms with E-state index in [1.165, 1.54) is 18.6 Å². The Morgan fingerprint density at radius 2 is 1.85 bits per heavy atom. The Balaban J connectivity index is 1.95. The summed E-state index contributed by atoms with van der Waals surface area (Å²) in [7, 11) is 3.96. The molecule has 0 bridgehead atoms. The largest absolute Gasteiger partial charge is 0.399 e. The third-order valence-corrected chi connectivity index (χ3v) is 5.27. The molecule has 1 saturated carbocycles. The minimum Gasteiger partial charge on any atom is -0.399 e.